The van der Waals surface area contributed by atoms with Gasteiger partial charge in [0.1, 0.15) is 5.84 Å². The van der Waals surface area contributed by atoms with Gasteiger partial charge in [-0.15, -0.1) is 4.40 Å². The van der Waals surface area contributed by atoms with Crippen molar-refractivity contribution < 1.29 is 8.42 Å². The topological polar surface area (TPSA) is 111 Å². The summed E-state index contributed by atoms with van der Waals surface area (Å²) in [5, 5.41) is 0. The molecule has 1 aromatic carbocycles. The van der Waals surface area contributed by atoms with Crippen molar-refractivity contribution in [2.45, 2.75) is 4.90 Å². The van der Waals surface area contributed by atoms with E-state index in [9.17, 15) is 8.42 Å². The molecule has 1 aromatic heterocycles. The van der Waals surface area contributed by atoms with Crippen LogP contribution in [-0.2, 0) is 10.0 Å². The summed E-state index contributed by atoms with van der Waals surface area (Å²) in [4.78, 5) is 3.88. The number of aromatic nitrogens is 1. The fourth-order valence-corrected chi connectivity index (χ4v) is 2.34. The normalized spacial score (nSPS) is 12.3. The maximum atomic E-state index is 12.0. The highest BCUT2D eigenvalue weighted by Crippen LogP contribution is 2.14. The van der Waals surface area contributed by atoms with E-state index in [-0.39, 0.29) is 10.7 Å². The zero-order valence-corrected chi connectivity index (χ0v) is 10.7. The molecule has 7 heteroatoms. The van der Waals surface area contributed by atoms with Gasteiger partial charge in [-0.1, -0.05) is 0 Å². The molecule has 0 saturated heterocycles. The molecule has 0 spiro atoms. The molecule has 0 aliphatic heterocycles. The summed E-state index contributed by atoms with van der Waals surface area (Å²) in [7, 11) is -3.84. The van der Waals surface area contributed by atoms with Crippen LogP contribution in [0, 0.1) is 0 Å². The Morgan fingerprint density at radius 2 is 1.84 bits per heavy atom. The van der Waals surface area contributed by atoms with Crippen LogP contribution in [-0.4, -0.2) is 19.2 Å². The molecule has 0 fully saturated rings. The van der Waals surface area contributed by atoms with Crippen LogP contribution in [0.25, 0.3) is 0 Å². The minimum absolute atomic E-state index is 0.0357. The van der Waals surface area contributed by atoms with Crippen LogP contribution in [0.2, 0.25) is 0 Å². The molecular formula is C12H12N4O2S. The highest BCUT2D eigenvalue weighted by Gasteiger charge is 2.13. The van der Waals surface area contributed by atoms with E-state index in [0.717, 1.165) is 0 Å². The lowest BCUT2D eigenvalue weighted by atomic mass is 10.3. The van der Waals surface area contributed by atoms with Gasteiger partial charge in [-0.3, -0.25) is 4.98 Å². The van der Waals surface area contributed by atoms with Crippen LogP contribution in [0.15, 0.2) is 58.1 Å². The lowest BCUT2D eigenvalue weighted by molar-refractivity contribution is 0.598. The van der Waals surface area contributed by atoms with Crippen LogP contribution in [0.3, 0.4) is 0 Å². The third-order valence-corrected chi connectivity index (χ3v) is 3.66. The summed E-state index contributed by atoms with van der Waals surface area (Å²) < 4.78 is 27.6. The zero-order chi connectivity index (χ0) is 13.9. The monoisotopic (exact) mass is 276 g/mol. The fourth-order valence-electron chi connectivity index (χ4n) is 1.39. The molecule has 2 aromatic rings. The van der Waals surface area contributed by atoms with Gasteiger partial charge in [0, 0.05) is 23.6 Å². The zero-order valence-electron chi connectivity index (χ0n) is 9.89. The summed E-state index contributed by atoms with van der Waals surface area (Å²) in [5.74, 6) is -0.107. The van der Waals surface area contributed by atoms with Gasteiger partial charge >= 0.3 is 0 Å². The first-order valence-corrected chi connectivity index (χ1v) is 6.79. The quantitative estimate of drug-likeness (QED) is 0.488. The minimum atomic E-state index is -3.84. The van der Waals surface area contributed by atoms with E-state index >= 15 is 0 Å². The van der Waals surface area contributed by atoms with E-state index in [1.54, 1.807) is 18.3 Å². The fraction of sp³-hybridized carbons (Fsp3) is 0. The summed E-state index contributed by atoms with van der Waals surface area (Å²) in [6, 6.07) is 9.01. The SMILES string of the molecule is N/C(=N\S(=O)(=O)c1ccc(N)cc1)c1cccnc1. The van der Waals surface area contributed by atoms with Gasteiger partial charge in [0.25, 0.3) is 10.0 Å². The molecule has 0 radical (unpaired) electrons. The molecule has 6 nitrogen and oxygen atoms in total. The summed E-state index contributed by atoms with van der Waals surface area (Å²) in [5.41, 5.74) is 12.1. The lowest BCUT2D eigenvalue weighted by Gasteiger charge is -2.02. The van der Waals surface area contributed by atoms with Crippen molar-refractivity contribution in [1.29, 1.82) is 0 Å². The second kappa shape index (κ2) is 5.07. The number of sulfonamides is 1. The maximum Gasteiger partial charge on any atom is 0.284 e. The van der Waals surface area contributed by atoms with Crippen molar-refractivity contribution in [3.05, 3.63) is 54.4 Å². The molecule has 4 N–H and O–H groups in total. The second-order valence-corrected chi connectivity index (χ2v) is 5.37. The molecular weight excluding hydrogens is 264 g/mol. The molecule has 0 aliphatic rings. The lowest BCUT2D eigenvalue weighted by Crippen LogP contribution is -2.16. The van der Waals surface area contributed by atoms with Gasteiger partial charge < -0.3 is 11.5 Å². The van der Waals surface area contributed by atoms with E-state index in [0.29, 0.717) is 11.3 Å². The second-order valence-electron chi connectivity index (χ2n) is 3.76. The first-order valence-electron chi connectivity index (χ1n) is 5.35. The minimum Gasteiger partial charge on any atom is -0.399 e. The third-order valence-electron chi connectivity index (χ3n) is 2.35. The number of pyridine rings is 1. The Morgan fingerprint density at radius 3 is 2.42 bits per heavy atom. The van der Waals surface area contributed by atoms with Crippen molar-refractivity contribution >= 4 is 21.5 Å². The molecule has 0 unspecified atom stereocenters. The highest BCUT2D eigenvalue weighted by molar-refractivity contribution is 7.90. The van der Waals surface area contributed by atoms with Crippen molar-refractivity contribution in [3.63, 3.8) is 0 Å². The maximum absolute atomic E-state index is 12.0. The van der Waals surface area contributed by atoms with Crippen LogP contribution in [0.5, 0.6) is 0 Å². The molecule has 2 rings (SSSR count). The number of nitrogens with two attached hydrogens (primary N) is 2. The average molecular weight is 276 g/mol. The van der Waals surface area contributed by atoms with Crippen molar-refractivity contribution in [2.24, 2.45) is 10.1 Å². The van der Waals surface area contributed by atoms with E-state index in [1.807, 2.05) is 0 Å². The predicted octanol–water partition coefficient (Wildman–Crippen LogP) is 0.758. The molecule has 1 heterocycles. The summed E-state index contributed by atoms with van der Waals surface area (Å²) in [6.45, 7) is 0. The molecule has 0 aliphatic carbocycles. The Hall–Kier alpha value is -2.41. The summed E-state index contributed by atoms with van der Waals surface area (Å²) in [6.07, 6.45) is 3.00. The van der Waals surface area contributed by atoms with Gasteiger partial charge in [-0.05, 0) is 36.4 Å². The number of hydrogen-bond donors (Lipinski definition) is 2. The Morgan fingerprint density at radius 1 is 1.16 bits per heavy atom. The Labute approximate surface area is 110 Å². The van der Waals surface area contributed by atoms with Gasteiger partial charge in [0.05, 0.1) is 4.90 Å². The number of nitrogen functional groups attached to an aromatic ring is 1. The van der Waals surface area contributed by atoms with E-state index < -0.39 is 10.0 Å². The molecule has 0 bridgehead atoms. The van der Waals surface area contributed by atoms with Crippen LogP contribution in [0.1, 0.15) is 5.56 Å². The van der Waals surface area contributed by atoms with Crippen molar-refractivity contribution in [1.82, 2.24) is 4.98 Å². The largest absolute Gasteiger partial charge is 0.399 e. The van der Waals surface area contributed by atoms with Gasteiger partial charge in [-0.25, -0.2) is 0 Å². The van der Waals surface area contributed by atoms with Crippen LogP contribution < -0.4 is 11.5 Å². The van der Waals surface area contributed by atoms with Crippen LogP contribution in [0.4, 0.5) is 5.69 Å². The number of anilines is 1. The highest BCUT2D eigenvalue weighted by atomic mass is 32.2. The van der Waals surface area contributed by atoms with Crippen molar-refractivity contribution in [2.75, 3.05) is 5.73 Å². The van der Waals surface area contributed by atoms with Gasteiger partial charge in [-0.2, -0.15) is 8.42 Å². The number of rotatable bonds is 3. The first kappa shape index (κ1) is 13.0. The predicted molar refractivity (Wildman–Crippen MR) is 73.0 cm³/mol. The van der Waals surface area contributed by atoms with E-state index in [2.05, 4.69) is 9.38 Å². The Kier molecular flexibility index (Phi) is 3.48. The molecule has 19 heavy (non-hydrogen) atoms. The molecule has 0 amide bonds. The average Bonchev–Trinajstić information content (AvgIpc) is 2.40. The van der Waals surface area contributed by atoms with Crippen LogP contribution >= 0.6 is 0 Å². The summed E-state index contributed by atoms with van der Waals surface area (Å²) >= 11 is 0. The number of benzene rings is 1. The smallest absolute Gasteiger partial charge is 0.284 e. The van der Waals surface area contributed by atoms with Gasteiger partial charge in [0.2, 0.25) is 0 Å². The Bertz CT molecular complexity index is 694. The molecule has 0 atom stereocenters. The van der Waals surface area contributed by atoms with Gasteiger partial charge in [0.15, 0.2) is 0 Å². The molecule has 98 valence electrons. The van der Waals surface area contributed by atoms with E-state index in [4.69, 9.17) is 11.5 Å². The first-order chi connectivity index (χ1) is 8.99. The number of amidine groups is 1. The third kappa shape index (κ3) is 3.08. The number of nitrogens with zero attached hydrogens (tertiary/aromatic N) is 2. The standard InChI is InChI=1S/C12H12N4O2S/c13-10-3-5-11(6-4-10)19(17,18)16-12(14)9-2-1-7-15-8-9/h1-8H,13H2,(H2,14,16). The van der Waals surface area contributed by atoms with Crippen molar-refractivity contribution in [3.8, 4) is 0 Å². The Balaban J connectivity index is 2.39. The molecule has 0 saturated carbocycles. The number of hydrogen-bond acceptors (Lipinski definition) is 4. The van der Waals surface area contributed by atoms with E-state index in [1.165, 1.54) is 30.5 Å².